The van der Waals surface area contributed by atoms with E-state index in [-0.39, 0.29) is 12.3 Å². The van der Waals surface area contributed by atoms with Crippen LogP contribution in [0.3, 0.4) is 0 Å². The summed E-state index contributed by atoms with van der Waals surface area (Å²) in [4.78, 5) is 24.2. The molecule has 0 bridgehead atoms. The highest BCUT2D eigenvalue weighted by molar-refractivity contribution is 5.92. The number of amides is 1. The van der Waals surface area contributed by atoms with Crippen LogP contribution in [0.15, 0.2) is 40.9 Å². The fourth-order valence-corrected chi connectivity index (χ4v) is 2.82. The molecule has 2 N–H and O–H groups in total. The van der Waals surface area contributed by atoms with E-state index in [9.17, 15) is 14.7 Å². The highest BCUT2D eigenvalue weighted by Crippen LogP contribution is 2.39. The van der Waals surface area contributed by atoms with E-state index in [1.807, 2.05) is 6.07 Å². The third-order valence-electron chi connectivity index (χ3n) is 4.64. The van der Waals surface area contributed by atoms with E-state index >= 15 is 0 Å². The molecule has 0 saturated heterocycles. The van der Waals surface area contributed by atoms with Crippen LogP contribution in [0.4, 0.5) is 0 Å². The molecule has 1 unspecified atom stereocenters. The van der Waals surface area contributed by atoms with Crippen LogP contribution in [0.2, 0.25) is 0 Å². The van der Waals surface area contributed by atoms with Crippen molar-refractivity contribution in [1.82, 2.24) is 10.5 Å². The van der Waals surface area contributed by atoms with Gasteiger partial charge < -0.3 is 14.9 Å². The number of aromatic nitrogens is 1. The lowest BCUT2D eigenvalue weighted by Crippen LogP contribution is -2.46. The van der Waals surface area contributed by atoms with Crippen LogP contribution in [0.5, 0.6) is 0 Å². The third kappa shape index (κ3) is 3.04. The first-order valence-corrected chi connectivity index (χ1v) is 8.10. The van der Waals surface area contributed by atoms with Crippen LogP contribution >= 0.6 is 0 Å². The second-order valence-corrected chi connectivity index (χ2v) is 6.18. The standard InChI is InChI=1S/C18H20N2O4/c1-2-18(17(22)23,13-6-4-3-5-7-13)11-19-16(21)15-10-14(20-24-15)12-8-9-12/h3-7,10,12H,2,8-9,11H2,1H3,(H,19,21)(H,22,23). The zero-order chi connectivity index (χ0) is 17.2. The highest BCUT2D eigenvalue weighted by atomic mass is 16.5. The van der Waals surface area contributed by atoms with Gasteiger partial charge in [-0.05, 0) is 24.8 Å². The van der Waals surface area contributed by atoms with Crippen LogP contribution in [0.1, 0.15) is 53.9 Å². The number of nitrogens with one attached hydrogen (secondary N) is 1. The molecule has 2 aromatic rings. The van der Waals surface area contributed by atoms with Crippen LogP contribution in [-0.4, -0.2) is 28.7 Å². The van der Waals surface area contributed by atoms with E-state index in [4.69, 9.17) is 4.52 Å². The molecule has 1 aliphatic rings. The van der Waals surface area contributed by atoms with Crippen molar-refractivity contribution < 1.29 is 19.2 Å². The van der Waals surface area contributed by atoms with E-state index < -0.39 is 17.3 Å². The summed E-state index contributed by atoms with van der Waals surface area (Å²) in [7, 11) is 0. The number of rotatable bonds is 7. The summed E-state index contributed by atoms with van der Waals surface area (Å²) in [6, 6.07) is 10.6. The molecular weight excluding hydrogens is 308 g/mol. The first kappa shape index (κ1) is 16.2. The summed E-state index contributed by atoms with van der Waals surface area (Å²) < 4.78 is 5.08. The van der Waals surface area contributed by atoms with Gasteiger partial charge >= 0.3 is 5.97 Å². The lowest BCUT2D eigenvalue weighted by molar-refractivity contribution is -0.143. The van der Waals surface area contributed by atoms with E-state index in [1.165, 1.54) is 0 Å². The maximum Gasteiger partial charge on any atom is 0.315 e. The number of carbonyl (C=O) groups excluding carboxylic acids is 1. The fourth-order valence-electron chi connectivity index (χ4n) is 2.82. The van der Waals surface area contributed by atoms with E-state index in [2.05, 4.69) is 10.5 Å². The van der Waals surface area contributed by atoms with Gasteiger partial charge in [0.05, 0.1) is 5.69 Å². The Balaban J connectivity index is 1.75. The Morgan fingerprint density at radius 2 is 2.04 bits per heavy atom. The van der Waals surface area contributed by atoms with E-state index in [1.54, 1.807) is 37.3 Å². The number of carboxylic acid groups (broad SMARTS) is 1. The molecule has 1 heterocycles. The van der Waals surface area contributed by atoms with Crippen LogP contribution in [0.25, 0.3) is 0 Å². The largest absolute Gasteiger partial charge is 0.481 e. The van der Waals surface area contributed by atoms with Crippen LogP contribution < -0.4 is 5.32 Å². The van der Waals surface area contributed by atoms with E-state index in [0.717, 1.165) is 18.5 Å². The van der Waals surface area contributed by atoms with Crippen molar-refractivity contribution in [2.75, 3.05) is 6.54 Å². The fraction of sp³-hybridized carbons (Fsp3) is 0.389. The number of aliphatic carboxylic acids is 1. The molecule has 0 spiro atoms. The van der Waals surface area contributed by atoms with Gasteiger partial charge in [-0.2, -0.15) is 0 Å². The number of carboxylic acids is 1. The van der Waals surface area contributed by atoms with Crippen molar-refractivity contribution in [1.29, 1.82) is 0 Å². The smallest absolute Gasteiger partial charge is 0.315 e. The third-order valence-corrected chi connectivity index (χ3v) is 4.64. The summed E-state index contributed by atoms with van der Waals surface area (Å²) >= 11 is 0. The Kier molecular flexibility index (Phi) is 4.38. The van der Waals surface area contributed by atoms with Gasteiger partial charge in [0.25, 0.3) is 5.91 Å². The van der Waals surface area contributed by atoms with Crippen molar-refractivity contribution in [2.24, 2.45) is 0 Å². The van der Waals surface area contributed by atoms with Gasteiger partial charge in [0.15, 0.2) is 0 Å². The van der Waals surface area contributed by atoms with Crippen molar-refractivity contribution in [3.05, 3.63) is 53.4 Å². The van der Waals surface area contributed by atoms with Crippen molar-refractivity contribution in [2.45, 2.75) is 37.5 Å². The molecule has 24 heavy (non-hydrogen) atoms. The molecule has 0 radical (unpaired) electrons. The number of carbonyl (C=O) groups is 2. The van der Waals surface area contributed by atoms with Crippen molar-refractivity contribution >= 4 is 11.9 Å². The first-order chi connectivity index (χ1) is 11.6. The molecule has 1 atom stereocenters. The molecule has 1 aromatic heterocycles. The summed E-state index contributed by atoms with van der Waals surface area (Å²) in [5.74, 6) is -0.883. The van der Waals surface area contributed by atoms with Gasteiger partial charge in [-0.3, -0.25) is 9.59 Å². The normalized spacial score (nSPS) is 16.4. The number of hydrogen-bond acceptors (Lipinski definition) is 4. The molecule has 126 valence electrons. The molecule has 6 heteroatoms. The van der Waals surface area contributed by atoms with E-state index in [0.29, 0.717) is 17.9 Å². The summed E-state index contributed by atoms with van der Waals surface area (Å²) in [6.07, 6.45) is 2.50. The van der Waals surface area contributed by atoms with Gasteiger partial charge in [0.2, 0.25) is 5.76 Å². The lowest BCUT2D eigenvalue weighted by Gasteiger charge is -2.28. The molecule has 3 rings (SSSR count). The monoisotopic (exact) mass is 328 g/mol. The minimum absolute atomic E-state index is 0.0128. The first-order valence-electron chi connectivity index (χ1n) is 8.10. The maximum atomic E-state index is 12.3. The maximum absolute atomic E-state index is 12.3. The average Bonchev–Trinajstić information content (AvgIpc) is 3.33. The Morgan fingerprint density at radius 3 is 2.62 bits per heavy atom. The summed E-state index contributed by atoms with van der Waals surface area (Å²) in [5, 5.41) is 16.4. The zero-order valence-electron chi connectivity index (χ0n) is 13.5. The molecule has 1 fully saturated rings. The van der Waals surface area contributed by atoms with Crippen LogP contribution in [-0.2, 0) is 10.2 Å². The minimum atomic E-state index is -1.17. The average molecular weight is 328 g/mol. The zero-order valence-corrected chi connectivity index (χ0v) is 13.5. The molecule has 1 saturated carbocycles. The predicted molar refractivity (Wildman–Crippen MR) is 86.9 cm³/mol. The topological polar surface area (TPSA) is 92.4 Å². The molecule has 1 aromatic carbocycles. The summed E-state index contributed by atoms with van der Waals surface area (Å²) in [6.45, 7) is 1.79. The molecular formula is C18H20N2O4. The van der Waals surface area contributed by atoms with Crippen molar-refractivity contribution in [3.8, 4) is 0 Å². The predicted octanol–water partition coefficient (Wildman–Crippen LogP) is 2.71. The summed E-state index contributed by atoms with van der Waals surface area (Å²) in [5.41, 5.74) is 0.288. The van der Waals surface area contributed by atoms with Crippen molar-refractivity contribution in [3.63, 3.8) is 0 Å². The highest BCUT2D eigenvalue weighted by Gasteiger charge is 2.39. The Bertz CT molecular complexity index is 736. The van der Waals surface area contributed by atoms with Gasteiger partial charge in [-0.25, -0.2) is 0 Å². The van der Waals surface area contributed by atoms with Gasteiger partial charge in [0.1, 0.15) is 5.41 Å². The molecule has 1 aliphatic carbocycles. The molecule has 6 nitrogen and oxygen atoms in total. The molecule has 0 aliphatic heterocycles. The Morgan fingerprint density at radius 1 is 1.33 bits per heavy atom. The van der Waals surface area contributed by atoms with Crippen LogP contribution in [0, 0.1) is 0 Å². The Labute approximate surface area is 139 Å². The second-order valence-electron chi connectivity index (χ2n) is 6.18. The quantitative estimate of drug-likeness (QED) is 0.815. The minimum Gasteiger partial charge on any atom is -0.481 e. The Hall–Kier alpha value is -2.63. The second kappa shape index (κ2) is 6.47. The number of nitrogens with zero attached hydrogens (tertiary/aromatic N) is 1. The molecule has 1 amide bonds. The van der Waals surface area contributed by atoms with Gasteiger partial charge in [0, 0.05) is 18.5 Å². The number of benzene rings is 1. The van der Waals surface area contributed by atoms with Gasteiger partial charge in [-0.1, -0.05) is 42.4 Å². The van der Waals surface area contributed by atoms with Gasteiger partial charge in [-0.15, -0.1) is 0 Å². The number of hydrogen-bond donors (Lipinski definition) is 2. The lowest BCUT2D eigenvalue weighted by atomic mass is 9.78. The SMILES string of the molecule is CCC(CNC(=O)c1cc(C2CC2)no1)(C(=O)O)c1ccccc1.